The first kappa shape index (κ1) is 29.5. The summed E-state index contributed by atoms with van der Waals surface area (Å²) in [6.45, 7) is 6.11. The summed E-state index contributed by atoms with van der Waals surface area (Å²) in [7, 11) is 6.04. The number of amides is 3. The zero-order valence-corrected chi connectivity index (χ0v) is 25.4. The molecule has 1 atom stereocenters. The van der Waals surface area contributed by atoms with Gasteiger partial charge in [0.1, 0.15) is 5.75 Å². The van der Waals surface area contributed by atoms with Gasteiger partial charge in [0.25, 0.3) is 5.91 Å². The van der Waals surface area contributed by atoms with Crippen molar-refractivity contribution in [2.24, 2.45) is 4.99 Å². The number of carbonyl (C=O) groups excluding carboxylic acids is 2. The van der Waals surface area contributed by atoms with Crippen LogP contribution in [0.1, 0.15) is 27.8 Å². The molecule has 5 rings (SSSR count). The van der Waals surface area contributed by atoms with E-state index in [1.165, 1.54) is 21.3 Å². The lowest BCUT2D eigenvalue weighted by Gasteiger charge is -2.32. The summed E-state index contributed by atoms with van der Waals surface area (Å²) >= 11 is 0. The normalized spacial score (nSPS) is 16.5. The maximum Gasteiger partial charge on any atom is 0.350 e. The lowest BCUT2D eigenvalue weighted by Crippen LogP contribution is -2.49. The van der Waals surface area contributed by atoms with Crippen LogP contribution in [0.4, 0.5) is 10.5 Å². The highest BCUT2D eigenvalue weighted by atomic mass is 16.5. The van der Waals surface area contributed by atoms with Crippen LogP contribution in [0, 0.1) is 20.8 Å². The summed E-state index contributed by atoms with van der Waals surface area (Å²) in [4.78, 5) is 33.2. The molecule has 2 heterocycles. The van der Waals surface area contributed by atoms with E-state index < -0.39 is 18.1 Å². The van der Waals surface area contributed by atoms with Gasteiger partial charge in [-0.25, -0.2) is 4.79 Å². The van der Waals surface area contributed by atoms with E-state index >= 15 is 0 Å². The standard InChI is InChI=1S/C33H36N4O6/c1-18-12-19(2)29(20(3)13-18)37-25(15-22-16-26(42-6)30(38)27(17-22)43-7)24(14-21-8-10-23(41-5)11-9-21)34-31(37)28-32(39)36(4)33(40)35-28/h8-13,16-17,31,34,38H,14-15H2,1-7H3. The van der Waals surface area contributed by atoms with E-state index in [0.29, 0.717) is 12.8 Å². The molecular weight excluding hydrogens is 548 g/mol. The van der Waals surface area contributed by atoms with E-state index in [-0.39, 0.29) is 23.0 Å². The average Bonchev–Trinajstić information content (AvgIpc) is 3.44. The topological polar surface area (TPSA) is 113 Å². The van der Waals surface area contributed by atoms with Gasteiger partial charge in [-0.15, -0.1) is 0 Å². The fourth-order valence-corrected chi connectivity index (χ4v) is 5.82. The number of hydrogen-bond acceptors (Lipinski definition) is 8. The fourth-order valence-electron chi connectivity index (χ4n) is 5.82. The molecule has 0 fully saturated rings. The average molecular weight is 585 g/mol. The molecule has 0 aromatic heterocycles. The molecule has 2 N–H and O–H groups in total. The van der Waals surface area contributed by atoms with Gasteiger partial charge in [0.05, 0.1) is 21.3 Å². The minimum absolute atomic E-state index is 0.0850. The molecule has 10 heteroatoms. The second kappa shape index (κ2) is 11.7. The number of benzene rings is 3. The Morgan fingerprint density at radius 3 is 1.98 bits per heavy atom. The number of carbonyl (C=O) groups is 2. The molecule has 0 bridgehead atoms. The molecule has 0 saturated carbocycles. The molecule has 3 aromatic carbocycles. The van der Waals surface area contributed by atoms with E-state index in [1.54, 1.807) is 19.2 Å². The van der Waals surface area contributed by atoms with Crippen molar-refractivity contribution < 1.29 is 28.9 Å². The van der Waals surface area contributed by atoms with Crippen LogP contribution >= 0.6 is 0 Å². The number of phenols is 1. The van der Waals surface area contributed by atoms with E-state index in [1.807, 2.05) is 45.0 Å². The van der Waals surface area contributed by atoms with Gasteiger partial charge < -0.3 is 29.5 Å². The number of aliphatic imine (C=N–C) groups is 1. The Kier molecular flexibility index (Phi) is 8.04. The first-order valence-electron chi connectivity index (χ1n) is 13.9. The third-order valence-electron chi connectivity index (χ3n) is 7.82. The number of aryl methyl sites for hydroxylation is 3. The second-order valence-corrected chi connectivity index (χ2v) is 10.8. The summed E-state index contributed by atoms with van der Waals surface area (Å²) < 4.78 is 16.2. The van der Waals surface area contributed by atoms with Gasteiger partial charge >= 0.3 is 6.03 Å². The number of anilines is 1. The van der Waals surface area contributed by atoms with Gasteiger partial charge in [-0.2, -0.15) is 4.99 Å². The summed E-state index contributed by atoms with van der Waals surface area (Å²) in [5.74, 6) is 0.779. The van der Waals surface area contributed by atoms with Crippen LogP contribution < -0.4 is 24.4 Å². The van der Waals surface area contributed by atoms with Crippen molar-refractivity contribution in [1.82, 2.24) is 10.2 Å². The number of hydrogen-bond donors (Lipinski definition) is 2. The van der Waals surface area contributed by atoms with Gasteiger partial charge in [-0.3, -0.25) is 9.69 Å². The molecule has 0 saturated heterocycles. The Balaban J connectivity index is 1.71. The van der Waals surface area contributed by atoms with Crippen molar-refractivity contribution in [3.8, 4) is 23.0 Å². The predicted octanol–water partition coefficient (Wildman–Crippen LogP) is 4.81. The Bertz CT molecular complexity index is 1610. The van der Waals surface area contributed by atoms with Crippen LogP contribution in [-0.4, -0.2) is 62.2 Å². The Morgan fingerprint density at radius 1 is 0.860 bits per heavy atom. The number of urea groups is 1. The molecule has 3 aromatic rings. The molecule has 43 heavy (non-hydrogen) atoms. The molecule has 2 aliphatic heterocycles. The molecule has 0 spiro atoms. The highest BCUT2D eigenvalue weighted by Gasteiger charge is 2.44. The molecular formula is C33H36N4O6. The highest BCUT2D eigenvalue weighted by molar-refractivity contribution is 6.48. The zero-order chi connectivity index (χ0) is 31.0. The summed E-state index contributed by atoms with van der Waals surface area (Å²) in [6.07, 6.45) is 0.166. The lowest BCUT2D eigenvalue weighted by atomic mass is 9.99. The number of allylic oxidation sites excluding steroid dienone is 2. The van der Waals surface area contributed by atoms with E-state index in [0.717, 1.165) is 55.5 Å². The first-order valence-corrected chi connectivity index (χ1v) is 13.9. The molecule has 3 amide bonds. The SMILES string of the molecule is COc1ccc(CC2=C(Cc3cc(OC)c(O)c(OC)c3)N(c3c(C)cc(C)cc3C)C(C3=NC(=O)N(C)C3=O)N2)cc1. The maximum absolute atomic E-state index is 13.3. The number of rotatable bonds is 9. The number of methoxy groups -OCH3 is 3. The predicted molar refractivity (Wildman–Crippen MR) is 164 cm³/mol. The summed E-state index contributed by atoms with van der Waals surface area (Å²) in [5.41, 5.74) is 7.75. The molecule has 10 nitrogen and oxygen atoms in total. The second-order valence-electron chi connectivity index (χ2n) is 10.8. The van der Waals surface area contributed by atoms with Crippen molar-refractivity contribution in [3.05, 3.63) is 87.7 Å². The lowest BCUT2D eigenvalue weighted by molar-refractivity contribution is -0.119. The molecule has 2 aliphatic rings. The van der Waals surface area contributed by atoms with Gasteiger partial charge in [0.2, 0.25) is 5.75 Å². The van der Waals surface area contributed by atoms with E-state index in [4.69, 9.17) is 14.2 Å². The summed E-state index contributed by atoms with van der Waals surface area (Å²) in [5, 5.41) is 14.1. The van der Waals surface area contributed by atoms with Crippen molar-refractivity contribution in [1.29, 1.82) is 0 Å². The highest BCUT2D eigenvalue weighted by Crippen LogP contribution is 2.41. The number of aromatic hydroxyl groups is 1. The smallest absolute Gasteiger partial charge is 0.350 e. The van der Waals surface area contributed by atoms with E-state index in [9.17, 15) is 14.7 Å². The molecule has 224 valence electrons. The van der Waals surface area contributed by atoms with Gasteiger partial charge in [-0.1, -0.05) is 29.8 Å². The van der Waals surface area contributed by atoms with Crippen LogP contribution in [0.3, 0.4) is 0 Å². The molecule has 0 aliphatic carbocycles. The number of phenolic OH excluding ortho intramolecular Hbond substituents is 1. The minimum Gasteiger partial charge on any atom is -0.502 e. The number of ether oxygens (including phenoxy) is 3. The Labute approximate surface area is 251 Å². The maximum atomic E-state index is 13.3. The molecule has 0 radical (unpaired) electrons. The summed E-state index contributed by atoms with van der Waals surface area (Å²) in [6, 6.07) is 14.9. The largest absolute Gasteiger partial charge is 0.502 e. The van der Waals surface area contributed by atoms with Crippen molar-refractivity contribution in [2.75, 3.05) is 33.3 Å². The van der Waals surface area contributed by atoms with Crippen LogP contribution in [0.2, 0.25) is 0 Å². The van der Waals surface area contributed by atoms with Crippen molar-refractivity contribution >= 4 is 23.3 Å². The van der Waals surface area contributed by atoms with Crippen LogP contribution in [0.15, 0.2) is 64.9 Å². The number of nitrogens with zero attached hydrogens (tertiary/aromatic N) is 3. The third kappa shape index (κ3) is 5.48. The zero-order valence-electron chi connectivity index (χ0n) is 25.4. The van der Waals surface area contributed by atoms with E-state index in [2.05, 4.69) is 27.3 Å². The van der Waals surface area contributed by atoms with Gasteiger partial charge in [0, 0.05) is 37.0 Å². The van der Waals surface area contributed by atoms with Crippen LogP contribution in [0.5, 0.6) is 23.0 Å². The Hall–Kier alpha value is -4.99. The van der Waals surface area contributed by atoms with Crippen molar-refractivity contribution in [3.63, 3.8) is 0 Å². The van der Waals surface area contributed by atoms with Gasteiger partial charge in [-0.05, 0) is 67.3 Å². The first-order chi connectivity index (χ1) is 20.6. The van der Waals surface area contributed by atoms with Crippen molar-refractivity contribution in [2.45, 2.75) is 39.8 Å². The van der Waals surface area contributed by atoms with Gasteiger partial charge in [0.15, 0.2) is 23.4 Å². The Morgan fingerprint density at radius 2 is 1.47 bits per heavy atom. The van der Waals surface area contributed by atoms with Crippen LogP contribution in [-0.2, 0) is 17.6 Å². The third-order valence-corrected chi connectivity index (χ3v) is 7.82. The quantitative estimate of drug-likeness (QED) is 0.369. The number of nitrogens with one attached hydrogen (secondary N) is 1. The molecule has 1 unspecified atom stereocenters. The van der Waals surface area contributed by atoms with Crippen LogP contribution in [0.25, 0.3) is 0 Å². The fraction of sp³-hybridized carbons (Fsp3) is 0.303. The monoisotopic (exact) mass is 584 g/mol. The minimum atomic E-state index is -0.731. The number of imide groups is 1.